The van der Waals surface area contributed by atoms with Crippen LogP contribution in [0.25, 0.3) is 22.3 Å². The topological polar surface area (TPSA) is 93.0 Å². The molecule has 0 spiro atoms. The Morgan fingerprint density at radius 3 is 2.89 bits per heavy atom. The zero-order chi connectivity index (χ0) is 19.1. The molecule has 0 fully saturated rings. The van der Waals surface area contributed by atoms with Crippen LogP contribution in [-0.4, -0.2) is 43.6 Å². The molecule has 2 N–H and O–H groups in total. The summed E-state index contributed by atoms with van der Waals surface area (Å²) in [6, 6.07) is 7.99. The summed E-state index contributed by atoms with van der Waals surface area (Å²) in [6.45, 7) is 1.56. The normalized spacial score (nSPS) is 15.9. The lowest BCUT2D eigenvalue weighted by Crippen LogP contribution is -2.35. The Hall–Kier alpha value is -3.39. The van der Waals surface area contributed by atoms with E-state index in [0.717, 1.165) is 39.4 Å². The van der Waals surface area contributed by atoms with Crippen LogP contribution in [-0.2, 0) is 13.6 Å². The van der Waals surface area contributed by atoms with Crippen LogP contribution in [0.5, 0.6) is 11.5 Å². The molecule has 8 heteroatoms. The van der Waals surface area contributed by atoms with Crippen LogP contribution in [0, 0.1) is 0 Å². The van der Waals surface area contributed by atoms with Gasteiger partial charge in [-0.15, -0.1) is 0 Å². The molecular weight excluding hydrogens is 356 g/mol. The monoisotopic (exact) mass is 376 g/mol. The van der Waals surface area contributed by atoms with Crippen LogP contribution in [0.3, 0.4) is 0 Å². The Kier molecular flexibility index (Phi) is 3.98. The van der Waals surface area contributed by atoms with Gasteiger partial charge in [-0.1, -0.05) is 6.07 Å². The summed E-state index contributed by atoms with van der Waals surface area (Å²) in [5.74, 6) is 1.48. The second kappa shape index (κ2) is 6.65. The number of pyridine rings is 1. The van der Waals surface area contributed by atoms with E-state index in [9.17, 15) is 0 Å². The number of hydrogen-bond donors (Lipinski definition) is 1. The molecular formula is C20H20N6O2. The van der Waals surface area contributed by atoms with Gasteiger partial charge < -0.3 is 19.8 Å². The molecule has 8 nitrogen and oxygen atoms in total. The summed E-state index contributed by atoms with van der Waals surface area (Å²) in [6.07, 6.45) is 7.36. The van der Waals surface area contributed by atoms with E-state index >= 15 is 0 Å². The highest BCUT2D eigenvalue weighted by atomic mass is 16.6. The van der Waals surface area contributed by atoms with E-state index in [1.807, 2.05) is 60.8 Å². The molecule has 1 unspecified atom stereocenters. The van der Waals surface area contributed by atoms with Crippen molar-refractivity contribution in [1.82, 2.24) is 24.3 Å². The molecule has 1 aliphatic heterocycles. The lowest BCUT2D eigenvalue weighted by Gasteiger charge is -2.25. The van der Waals surface area contributed by atoms with Gasteiger partial charge in [-0.25, -0.2) is 9.97 Å². The Morgan fingerprint density at radius 1 is 1.14 bits per heavy atom. The molecule has 1 aliphatic rings. The molecule has 4 heterocycles. The van der Waals surface area contributed by atoms with Crippen molar-refractivity contribution < 1.29 is 9.47 Å². The van der Waals surface area contributed by atoms with E-state index in [-0.39, 0.29) is 6.10 Å². The minimum Gasteiger partial charge on any atom is -0.486 e. The van der Waals surface area contributed by atoms with Crippen molar-refractivity contribution in [1.29, 1.82) is 0 Å². The number of rotatable bonds is 4. The van der Waals surface area contributed by atoms with Crippen molar-refractivity contribution in [3.63, 3.8) is 0 Å². The van der Waals surface area contributed by atoms with Crippen LogP contribution in [0.1, 0.15) is 5.56 Å². The van der Waals surface area contributed by atoms with Gasteiger partial charge in [-0.3, -0.25) is 4.68 Å². The molecule has 4 aromatic rings. The predicted molar refractivity (Wildman–Crippen MR) is 104 cm³/mol. The van der Waals surface area contributed by atoms with Crippen LogP contribution in [0.15, 0.2) is 49.2 Å². The van der Waals surface area contributed by atoms with Crippen LogP contribution < -0.4 is 15.2 Å². The lowest BCUT2D eigenvalue weighted by atomic mass is 10.1. The number of nitrogens with two attached hydrogens (primary N) is 1. The minimum absolute atomic E-state index is 0.0887. The molecule has 1 atom stereocenters. The predicted octanol–water partition coefficient (Wildman–Crippen LogP) is 1.98. The van der Waals surface area contributed by atoms with Gasteiger partial charge in [0.25, 0.3) is 0 Å². The zero-order valence-corrected chi connectivity index (χ0v) is 15.4. The quantitative estimate of drug-likeness (QED) is 0.585. The number of hydrogen-bond acceptors (Lipinski definition) is 6. The number of ether oxygens (including phenoxy) is 2. The van der Waals surface area contributed by atoms with Gasteiger partial charge in [0.05, 0.1) is 19.1 Å². The third-order valence-electron chi connectivity index (χ3n) is 4.84. The molecule has 5 rings (SSSR count). The number of benzene rings is 1. The van der Waals surface area contributed by atoms with E-state index in [4.69, 9.17) is 15.2 Å². The van der Waals surface area contributed by atoms with Crippen LogP contribution in [0.2, 0.25) is 0 Å². The largest absolute Gasteiger partial charge is 0.486 e. The summed E-state index contributed by atoms with van der Waals surface area (Å²) in [4.78, 5) is 9.14. The van der Waals surface area contributed by atoms with Gasteiger partial charge >= 0.3 is 0 Å². The van der Waals surface area contributed by atoms with Crippen molar-refractivity contribution in [2.45, 2.75) is 12.6 Å². The third kappa shape index (κ3) is 2.97. The first-order valence-corrected chi connectivity index (χ1v) is 9.12. The van der Waals surface area contributed by atoms with Crippen molar-refractivity contribution in [3.8, 4) is 22.6 Å². The summed E-state index contributed by atoms with van der Waals surface area (Å²) in [5.41, 5.74) is 10.5. The van der Waals surface area contributed by atoms with Gasteiger partial charge in [0.2, 0.25) is 0 Å². The smallest absolute Gasteiger partial charge is 0.161 e. The maximum Gasteiger partial charge on any atom is 0.161 e. The fraction of sp³-hybridized carbons (Fsp3) is 0.250. The highest BCUT2D eigenvalue weighted by Crippen LogP contribution is 2.33. The molecule has 0 radical (unpaired) electrons. The van der Waals surface area contributed by atoms with Gasteiger partial charge in [0.1, 0.15) is 18.2 Å². The van der Waals surface area contributed by atoms with Crippen molar-refractivity contribution in [2.24, 2.45) is 12.8 Å². The number of aryl methyl sites for hydroxylation is 1. The first kappa shape index (κ1) is 16.8. The molecule has 1 aromatic carbocycles. The van der Waals surface area contributed by atoms with Crippen molar-refractivity contribution in [2.75, 3.05) is 13.2 Å². The van der Waals surface area contributed by atoms with Crippen LogP contribution >= 0.6 is 0 Å². The molecule has 0 aliphatic carbocycles. The Bertz CT molecular complexity index is 1150. The maximum absolute atomic E-state index is 5.81. The second-order valence-corrected chi connectivity index (χ2v) is 6.91. The number of fused-ring (bicyclic) bond motifs is 2. The SMILES string of the molecule is Cn1cc(-c2cnc3c(c2)ncn3Cc2ccc3c(c2)OCC(CN)O3)cn1. The van der Waals surface area contributed by atoms with Gasteiger partial charge in [0.15, 0.2) is 17.1 Å². The molecule has 0 amide bonds. The van der Waals surface area contributed by atoms with Gasteiger partial charge in [-0.2, -0.15) is 5.10 Å². The summed E-state index contributed by atoms with van der Waals surface area (Å²) in [7, 11) is 1.90. The molecule has 28 heavy (non-hydrogen) atoms. The third-order valence-corrected chi connectivity index (χ3v) is 4.84. The second-order valence-electron chi connectivity index (χ2n) is 6.91. The van der Waals surface area contributed by atoms with E-state index in [0.29, 0.717) is 19.7 Å². The fourth-order valence-corrected chi connectivity index (χ4v) is 3.36. The van der Waals surface area contributed by atoms with Crippen molar-refractivity contribution in [3.05, 3.63) is 54.7 Å². The number of aromatic nitrogens is 5. The van der Waals surface area contributed by atoms with Gasteiger partial charge in [-0.05, 0) is 23.8 Å². The Labute approximate surface area is 161 Å². The lowest BCUT2D eigenvalue weighted by molar-refractivity contribution is 0.0967. The first-order chi connectivity index (χ1) is 13.7. The molecule has 0 bridgehead atoms. The minimum atomic E-state index is -0.0887. The van der Waals surface area contributed by atoms with Gasteiger partial charge in [0, 0.05) is 37.1 Å². The zero-order valence-electron chi connectivity index (χ0n) is 15.4. The maximum atomic E-state index is 5.81. The first-order valence-electron chi connectivity index (χ1n) is 9.12. The molecule has 0 saturated heterocycles. The summed E-state index contributed by atoms with van der Waals surface area (Å²) in [5, 5.41) is 4.21. The molecule has 0 saturated carbocycles. The van der Waals surface area contributed by atoms with Crippen LogP contribution in [0.4, 0.5) is 0 Å². The van der Waals surface area contributed by atoms with E-state index in [1.165, 1.54) is 0 Å². The number of nitrogens with zero attached hydrogens (tertiary/aromatic N) is 5. The summed E-state index contributed by atoms with van der Waals surface area (Å²) < 4.78 is 15.4. The molecule has 142 valence electrons. The average molecular weight is 376 g/mol. The van der Waals surface area contributed by atoms with E-state index < -0.39 is 0 Å². The Balaban J connectivity index is 1.41. The van der Waals surface area contributed by atoms with E-state index in [2.05, 4.69) is 15.1 Å². The average Bonchev–Trinajstić information content (AvgIpc) is 3.33. The highest BCUT2D eigenvalue weighted by molar-refractivity contribution is 5.77. The standard InChI is InChI=1S/C20H20N6O2/c1-25-10-15(8-24-25)14-5-17-20(22-7-14)26(12-23-17)9-13-2-3-18-19(4-13)27-11-16(6-21)28-18/h2-5,7-8,10,12,16H,6,9,11,21H2,1H3. The van der Waals surface area contributed by atoms with E-state index in [1.54, 1.807) is 4.68 Å². The van der Waals surface area contributed by atoms with Crippen molar-refractivity contribution >= 4 is 11.2 Å². The number of imidazole rings is 1. The fourth-order valence-electron chi connectivity index (χ4n) is 3.36. The Morgan fingerprint density at radius 2 is 2.07 bits per heavy atom. The molecule has 3 aromatic heterocycles. The highest BCUT2D eigenvalue weighted by Gasteiger charge is 2.20. The summed E-state index contributed by atoms with van der Waals surface area (Å²) >= 11 is 0.